The number of hydrogen-bond donors (Lipinski definition) is 2. The summed E-state index contributed by atoms with van der Waals surface area (Å²) in [5.74, 6) is 1.95. The minimum absolute atomic E-state index is 0.245. The molecule has 0 saturated carbocycles. The molecule has 0 aliphatic carbocycles. The smallest absolute Gasteiger partial charge is 0.0791 e. The average Bonchev–Trinajstić information content (AvgIpc) is 2.36. The minimum Gasteiger partial charge on any atom is -0.390 e. The summed E-state index contributed by atoms with van der Waals surface area (Å²) in [5, 5.41) is 13.6. The number of β-amino-alcohol motifs (C(OH)–C–C–N with tert-alkyl or cyclic N) is 1. The molecule has 2 unspecified atom stereocenters. The van der Waals surface area contributed by atoms with Gasteiger partial charge in [0.1, 0.15) is 0 Å². The molecule has 1 aliphatic rings. The highest BCUT2D eigenvalue weighted by Gasteiger charge is 2.19. The molecule has 1 heterocycles. The first-order chi connectivity index (χ1) is 9.26. The van der Waals surface area contributed by atoms with Crippen LogP contribution in [0.15, 0.2) is 0 Å². The van der Waals surface area contributed by atoms with Crippen LogP contribution < -0.4 is 5.32 Å². The van der Waals surface area contributed by atoms with Crippen LogP contribution in [0, 0.1) is 5.92 Å². The van der Waals surface area contributed by atoms with Crippen molar-refractivity contribution in [2.75, 3.05) is 31.9 Å². The summed E-state index contributed by atoms with van der Waals surface area (Å²) in [7, 11) is 0. The second kappa shape index (κ2) is 8.62. The van der Waals surface area contributed by atoms with Crippen molar-refractivity contribution < 1.29 is 5.11 Å². The molecule has 20 heavy (non-hydrogen) atoms. The van der Waals surface area contributed by atoms with Crippen molar-refractivity contribution in [1.29, 1.82) is 0 Å². The minimum atomic E-state index is -0.245. The second-order valence-corrected chi connectivity index (χ2v) is 9.22. The predicted molar refractivity (Wildman–Crippen MR) is 90.5 cm³/mol. The number of aliphatic hydroxyl groups excluding tert-OH is 1. The maximum Gasteiger partial charge on any atom is 0.0791 e. The first-order valence-corrected chi connectivity index (χ1v) is 9.02. The van der Waals surface area contributed by atoms with Gasteiger partial charge in [-0.25, -0.2) is 0 Å². The largest absolute Gasteiger partial charge is 0.390 e. The molecule has 0 bridgehead atoms. The lowest BCUT2D eigenvalue weighted by Crippen LogP contribution is -2.44. The molecule has 0 aromatic rings. The highest BCUT2D eigenvalue weighted by atomic mass is 32.2. The maximum atomic E-state index is 10.1. The Morgan fingerprint density at radius 2 is 1.90 bits per heavy atom. The van der Waals surface area contributed by atoms with Crippen LogP contribution in [0.1, 0.15) is 47.5 Å². The van der Waals surface area contributed by atoms with Crippen LogP contribution in [0.25, 0.3) is 0 Å². The van der Waals surface area contributed by atoms with E-state index in [9.17, 15) is 5.11 Å². The van der Waals surface area contributed by atoms with E-state index in [1.165, 1.54) is 12.8 Å². The molecule has 0 aromatic heterocycles. The number of rotatable bonds is 7. The lowest BCUT2D eigenvalue weighted by Gasteiger charge is -2.32. The third kappa shape index (κ3) is 8.50. The monoisotopic (exact) mass is 302 g/mol. The number of thioether (sulfide) groups is 1. The van der Waals surface area contributed by atoms with Gasteiger partial charge in [0.2, 0.25) is 0 Å². The van der Waals surface area contributed by atoms with Crippen LogP contribution in [0.2, 0.25) is 0 Å². The Balaban J connectivity index is 2.11. The SMILES string of the molecule is CC1CCN(CC(O)CNC(C)CSC(C)(C)C)CC1. The number of hydrogen-bond acceptors (Lipinski definition) is 4. The second-order valence-electron chi connectivity index (χ2n) is 7.37. The summed E-state index contributed by atoms with van der Waals surface area (Å²) in [5.41, 5.74) is 0. The Morgan fingerprint density at radius 1 is 1.30 bits per heavy atom. The highest BCUT2D eigenvalue weighted by molar-refractivity contribution is 8.00. The lowest BCUT2D eigenvalue weighted by atomic mass is 9.99. The van der Waals surface area contributed by atoms with E-state index in [4.69, 9.17) is 0 Å². The first-order valence-electron chi connectivity index (χ1n) is 8.04. The molecule has 0 amide bonds. The third-order valence-electron chi connectivity index (χ3n) is 3.81. The van der Waals surface area contributed by atoms with Crippen LogP contribution in [0.3, 0.4) is 0 Å². The van der Waals surface area contributed by atoms with Crippen LogP contribution in [0.4, 0.5) is 0 Å². The number of nitrogens with zero attached hydrogens (tertiary/aromatic N) is 1. The molecule has 120 valence electrons. The normalized spacial score (nSPS) is 21.9. The summed E-state index contributed by atoms with van der Waals surface area (Å²) in [4.78, 5) is 2.40. The van der Waals surface area contributed by atoms with E-state index in [2.05, 4.69) is 44.8 Å². The van der Waals surface area contributed by atoms with Gasteiger partial charge in [-0.05, 0) is 38.8 Å². The Kier molecular flexibility index (Phi) is 7.88. The fourth-order valence-corrected chi connectivity index (χ4v) is 3.25. The van der Waals surface area contributed by atoms with Gasteiger partial charge in [0.15, 0.2) is 0 Å². The number of nitrogens with one attached hydrogen (secondary N) is 1. The number of piperidine rings is 1. The fourth-order valence-electron chi connectivity index (χ4n) is 2.38. The summed E-state index contributed by atoms with van der Waals surface area (Å²) in [6.45, 7) is 15.1. The Labute approximate surface area is 129 Å². The molecule has 0 radical (unpaired) electrons. The lowest BCUT2D eigenvalue weighted by molar-refractivity contribution is 0.0897. The zero-order valence-corrected chi connectivity index (χ0v) is 14.8. The Bertz CT molecular complexity index is 260. The molecule has 1 saturated heterocycles. The molecule has 2 atom stereocenters. The third-order valence-corrected chi connectivity index (χ3v) is 5.35. The van der Waals surface area contributed by atoms with Crippen LogP contribution in [-0.4, -0.2) is 58.8 Å². The number of likely N-dealkylation sites (tertiary alicyclic amines) is 1. The first kappa shape index (κ1) is 18.3. The van der Waals surface area contributed by atoms with Gasteiger partial charge in [-0.15, -0.1) is 0 Å². The summed E-state index contributed by atoms with van der Waals surface area (Å²) in [6.07, 6.45) is 2.31. The van der Waals surface area contributed by atoms with Crippen molar-refractivity contribution in [2.45, 2.75) is 64.4 Å². The highest BCUT2D eigenvalue weighted by Crippen LogP contribution is 2.23. The van der Waals surface area contributed by atoms with Crippen LogP contribution >= 0.6 is 11.8 Å². The Hall–Kier alpha value is 0.230. The standard InChI is InChI=1S/C16H34N2OS/c1-13-6-8-18(9-7-13)11-15(19)10-17-14(2)12-20-16(3,4)5/h13-15,17,19H,6-12H2,1-5H3. The van der Waals surface area contributed by atoms with Gasteiger partial charge in [0.05, 0.1) is 6.10 Å². The van der Waals surface area contributed by atoms with E-state index in [0.717, 1.165) is 31.3 Å². The molecule has 1 fully saturated rings. The van der Waals surface area contributed by atoms with Crippen LogP contribution in [-0.2, 0) is 0 Å². The van der Waals surface area contributed by atoms with Gasteiger partial charge in [0.25, 0.3) is 0 Å². The number of aliphatic hydroxyl groups is 1. The van der Waals surface area contributed by atoms with E-state index in [1.807, 2.05) is 11.8 Å². The molecule has 3 nitrogen and oxygen atoms in total. The van der Waals surface area contributed by atoms with Gasteiger partial charge < -0.3 is 15.3 Å². The van der Waals surface area contributed by atoms with Crippen molar-refractivity contribution in [1.82, 2.24) is 10.2 Å². The van der Waals surface area contributed by atoms with E-state index < -0.39 is 0 Å². The topological polar surface area (TPSA) is 35.5 Å². The molecule has 2 N–H and O–H groups in total. The predicted octanol–water partition coefficient (Wildman–Crippen LogP) is 2.59. The van der Waals surface area contributed by atoms with Crippen molar-refractivity contribution in [3.05, 3.63) is 0 Å². The molecule has 0 spiro atoms. The van der Waals surface area contributed by atoms with Gasteiger partial charge >= 0.3 is 0 Å². The quantitative estimate of drug-likeness (QED) is 0.758. The van der Waals surface area contributed by atoms with Crippen molar-refractivity contribution in [3.63, 3.8) is 0 Å². The Morgan fingerprint density at radius 3 is 2.45 bits per heavy atom. The van der Waals surface area contributed by atoms with E-state index in [1.54, 1.807) is 0 Å². The molecule has 1 rings (SSSR count). The van der Waals surface area contributed by atoms with Crippen molar-refractivity contribution in [2.24, 2.45) is 5.92 Å². The maximum absolute atomic E-state index is 10.1. The van der Waals surface area contributed by atoms with E-state index in [0.29, 0.717) is 17.3 Å². The van der Waals surface area contributed by atoms with Gasteiger partial charge in [-0.3, -0.25) is 0 Å². The van der Waals surface area contributed by atoms with Crippen molar-refractivity contribution >= 4 is 11.8 Å². The molecule has 4 heteroatoms. The zero-order valence-electron chi connectivity index (χ0n) is 14.0. The van der Waals surface area contributed by atoms with Gasteiger partial charge in [-0.2, -0.15) is 11.8 Å². The summed E-state index contributed by atoms with van der Waals surface area (Å²) in [6, 6.07) is 0.454. The van der Waals surface area contributed by atoms with E-state index >= 15 is 0 Å². The average molecular weight is 303 g/mol. The zero-order chi connectivity index (χ0) is 15.2. The molecular weight excluding hydrogens is 268 g/mol. The van der Waals surface area contributed by atoms with Gasteiger partial charge in [0, 0.05) is 29.6 Å². The summed E-state index contributed by atoms with van der Waals surface area (Å²) < 4.78 is 0.319. The molecule has 0 aromatic carbocycles. The fraction of sp³-hybridized carbons (Fsp3) is 1.00. The van der Waals surface area contributed by atoms with Gasteiger partial charge in [-0.1, -0.05) is 27.7 Å². The molecule has 1 aliphatic heterocycles. The molecular formula is C16H34N2OS. The van der Waals surface area contributed by atoms with Crippen LogP contribution in [0.5, 0.6) is 0 Å². The van der Waals surface area contributed by atoms with E-state index in [-0.39, 0.29) is 6.10 Å². The van der Waals surface area contributed by atoms with Crippen molar-refractivity contribution in [3.8, 4) is 0 Å². The summed E-state index contributed by atoms with van der Waals surface area (Å²) >= 11 is 1.97.